The van der Waals surface area contributed by atoms with Crippen LogP contribution in [-0.4, -0.2) is 51.2 Å². The van der Waals surface area contributed by atoms with Crippen LogP contribution in [0.5, 0.6) is 5.75 Å². The van der Waals surface area contributed by atoms with E-state index >= 15 is 0 Å². The summed E-state index contributed by atoms with van der Waals surface area (Å²) in [5.74, 6) is -4.28. The van der Waals surface area contributed by atoms with Gasteiger partial charge in [0.15, 0.2) is 0 Å². The normalized spacial score (nSPS) is 20.3. The highest BCUT2D eigenvalue weighted by Gasteiger charge is 2.49. The van der Waals surface area contributed by atoms with Crippen LogP contribution in [-0.2, 0) is 23.9 Å². The van der Waals surface area contributed by atoms with E-state index in [9.17, 15) is 29.6 Å². The Hall–Kier alpha value is -3.54. The number of carbonyl (C=O) groups is 3. The summed E-state index contributed by atoms with van der Waals surface area (Å²) < 4.78 is 10.3. The number of nitro benzene ring substituents is 1. The summed E-state index contributed by atoms with van der Waals surface area (Å²) in [5, 5.41) is 21.4. The number of hydrogen-bond acceptors (Lipinski definition) is 10. The molecule has 0 saturated carbocycles. The third-order valence-corrected chi connectivity index (χ3v) is 6.09. The Bertz CT molecular complexity index is 1080. The van der Waals surface area contributed by atoms with Crippen molar-refractivity contribution in [2.24, 2.45) is 5.73 Å². The molecule has 3 N–H and O–H groups in total. The number of thioether (sulfide) groups is 1. The molecule has 1 aromatic rings. The molecule has 2 unspecified atom stereocenters. The van der Waals surface area contributed by atoms with E-state index in [0.717, 1.165) is 34.9 Å². The molecular formula is C20H21N3O8S. The maximum atomic E-state index is 13.0. The van der Waals surface area contributed by atoms with Crippen LogP contribution >= 0.6 is 11.8 Å². The highest BCUT2D eigenvalue weighted by Crippen LogP contribution is 2.51. The van der Waals surface area contributed by atoms with Crippen molar-refractivity contribution in [3.63, 3.8) is 0 Å². The summed E-state index contributed by atoms with van der Waals surface area (Å²) in [4.78, 5) is 50.5. The van der Waals surface area contributed by atoms with Crippen LogP contribution in [0.3, 0.4) is 0 Å². The van der Waals surface area contributed by atoms with Crippen molar-refractivity contribution in [3.05, 3.63) is 55.9 Å². The maximum absolute atomic E-state index is 13.0. The summed E-state index contributed by atoms with van der Waals surface area (Å²) in [6, 6.07) is 3.22. The molecule has 3 rings (SSSR count). The molecule has 12 heteroatoms. The van der Waals surface area contributed by atoms with Gasteiger partial charge in [-0.05, 0) is 26.8 Å². The lowest BCUT2D eigenvalue weighted by molar-refractivity contribution is -0.384. The van der Waals surface area contributed by atoms with Gasteiger partial charge in [0, 0.05) is 17.7 Å². The van der Waals surface area contributed by atoms with Crippen LogP contribution < -0.4 is 5.73 Å². The number of nitro groups is 1. The molecule has 32 heavy (non-hydrogen) atoms. The average Bonchev–Trinajstić information content (AvgIpc) is 3.02. The molecule has 0 aliphatic carbocycles. The van der Waals surface area contributed by atoms with Gasteiger partial charge in [-0.2, -0.15) is 0 Å². The van der Waals surface area contributed by atoms with Crippen molar-refractivity contribution < 1.29 is 33.9 Å². The number of amides is 1. The first-order valence-corrected chi connectivity index (χ1v) is 10.6. The molecule has 0 bridgehead atoms. The van der Waals surface area contributed by atoms with Gasteiger partial charge in [-0.3, -0.25) is 19.8 Å². The van der Waals surface area contributed by atoms with Gasteiger partial charge >= 0.3 is 11.9 Å². The average molecular weight is 463 g/mol. The van der Waals surface area contributed by atoms with Gasteiger partial charge in [0.1, 0.15) is 11.6 Å². The molecule has 1 amide bonds. The molecule has 0 radical (unpaired) electrons. The Morgan fingerprint density at radius 3 is 2.38 bits per heavy atom. The van der Waals surface area contributed by atoms with Crippen molar-refractivity contribution in [1.29, 1.82) is 0 Å². The molecular weight excluding hydrogens is 442 g/mol. The van der Waals surface area contributed by atoms with Gasteiger partial charge in [-0.1, -0.05) is 11.8 Å². The van der Waals surface area contributed by atoms with Gasteiger partial charge in [0.2, 0.25) is 5.91 Å². The number of benzene rings is 1. The number of non-ortho nitro benzene ring substituents is 1. The predicted octanol–water partition coefficient (Wildman–Crippen LogP) is 1.87. The van der Waals surface area contributed by atoms with Gasteiger partial charge < -0.3 is 20.3 Å². The Balaban J connectivity index is 2.37. The van der Waals surface area contributed by atoms with E-state index in [0.29, 0.717) is 0 Å². The Morgan fingerprint density at radius 1 is 1.22 bits per heavy atom. The fraction of sp³-hybridized carbons (Fsp3) is 0.350. The molecule has 1 fully saturated rings. The van der Waals surface area contributed by atoms with E-state index in [1.165, 1.54) is 0 Å². The van der Waals surface area contributed by atoms with E-state index in [2.05, 4.69) is 0 Å². The van der Waals surface area contributed by atoms with Crippen LogP contribution in [0.2, 0.25) is 0 Å². The molecule has 2 heterocycles. The number of aromatic hydroxyl groups is 1. The lowest BCUT2D eigenvalue weighted by atomic mass is 9.81. The van der Waals surface area contributed by atoms with Gasteiger partial charge in [-0.25, -0.2) is 9.59 Å². The van der Waals surface area contributed by atoms with E-state index in [-0.39, 0.29) is 46.5 Å². The number of hydrogen-bond donors (Lipinski definition) is 2. The van der Waals surface area contributed by atoms with E-state index in [1.807, 2.05) is 0 Å². The molecule has 0 spiro atoms. The smallest absolute Gasteiger partial charge is 0.338 e. The topological polar surface area (TPSA) is 162 Å². The van der Waals surface area contributed by atoms with Gasteiger partial charge in [-0.15, -0.1) is 0 Å². The highest BCUT2D eigenvalue weighted by molar-refractivity contribution is 8.04. The lowest BCUT2D eigenvalue weighted by Crippen LogP contribution is -2.40. The maximum Gasteiger partial charge on any atom is 0.338 e. The Morgan fingerprint density at radius 2 is 1.81 bits per heavy atom. The van der Waals surface area contributed by atoms with E-state index in [4.69, 9.17) is 15.2 Å². The summed E-state index contributed by atoms with van der Waals surface area (Å²) in [6.07, 6.45) is 0. The second kappa shape index (κ2) is 8.91. The quantitative estimate of drug-likeness (QED) is 0.362. The Kier molecular flexibility index (Phi) is 6.44. The molecule has 0 aromatic heterocycles. The number of nitrogens with two attached hydrogens (primary N) is 1. The molecule has 1 saturated heterocycles. The third-order valence-electron chi connectivity index (χ3n) is 4.91. The molecule has 2 aliphatic heterocycles. The molecule has 2 atom stereocenters. The number of esters is 2. The van der Waals surface area contributed by atoms with Crippen LogP contribution in [0.25, 0.3) is 0 Å². The van der Waals surface area contributed by atoms with Crippen molar-refractivity contribution in [2.45, 2.75) is 31.9 Å². The van der Waals surface area contributed by atoms with Gasteiger partial charge in [0.05, 0.1) is 45.5 Å². The Labute approximate surface area is 187 Å². The van der Waals surface area contributed by atoms with Crippen molar-refractivity contribution >= 4 is 35.3 Å². The molecule has 2 aliphatic rings. The monoisotopic (exact) mass is 463 g/mol. The summed E-state index contributed by atoms with van der Waals surface area (Å²) >= 11 is 1.04. The lowest BCUT2D eigenvalue weighted by Gasteiger charge is -2.33. The fourth-order valence-corrected chi connectivity index (χ4v) is 4.71. The first-order chi connectivity index (χ1) is 15.1. The molecule has 1 aromatic carbocycles. The number of rotatable bonds is 6. The fourth-order valence-electron chi connectivity index (χ4n) is 3.54. The first-order valence-electron chi connectivity index (χ1n) is 9.69. The number of phenols is 1. The number of ether oxygens (including phenoxy) is 2. The summed E-state index contributed by atoms with van der Waals surface area (Å²) in [5.41, 5.74) is 5.30. The van der Waals surface area contributed by atoms with Crippen LogP contribution in [0.15, 0.2) is 40.2 Å². The zero-order valence-electron chi connectivity index (χ0n) is 17.5. The summed E-state index contributed by atoms with van der Waals surface area (Å²) in [6.45, 7) is 4.70. The largest absolute Gasteiger partial charge is 0.508 e. The van der Waals surface area contributed by atoms with Crippen molar-refractivity contribution in [3.8, 4) is 5.75 Å². The van der Waals surface area contributed by atoms with Crippen LogP contribution in [0.1, 0.15) is 32.3 Å². The minimum absolute atomic E-state index is 0.00858. The van der Waals surface area contributed by atoms with E-state index in [1.54, 1.807) is 20.8 Å². The zero-order chi connectivity index (χ0) is 23.7. The van der Waals surface area contributed by atoms with Crippen molar-refractivity contribution in [2.75, 3.05) is 13.2 Å². The first kappa shape index (κ1) is 23.1. The zero-order valence-corrected chi connectivity index (χ0v) is 18.3. The predicted molar refractivity (Wildman–Crippen MR) is 113 cm³/mol. The summed E-state index contributed by atoms with van der Waals surface area (Å²) in [7, 11) is 0. The third kappa shape index (κ3) is 3.77. The number of carbonyl (C=O) groups excluding carboxylic acids is 3. The standard InChI is InChI=1S/C20H21N3O8S/c1-4-30-19(26)14-13(11-8-10(23(28)29)6-7-12(11)24)15(20(27)31-5-2)18-22(16(14)21)17(25)9(3)32-18/h6-9,13,24H,4-5,21H2,1-3H3. The second-order valence-electron chi connectivity index (χ2n) is 6.83. The SMILES string of the molecule is CCOC(=O)C1=C(N)N2C(=O)C(C)SC2=C(C(=O)OCC)C1c1cc([N+](=O)[O-])ccc1O. The van der Waals surface area contributed by atoms with Crippen LogP contribution in [0, 0.1) is 10.1 Å². The minimum Gasteiger partial charge on any atom is -0.508 e. The number of nitrogens with zero attached hydrogens (tertiary/aromatic N) is 2. The highest BCUT2D eigenvalue weighted by atomic mass is 32.2. The van der Waals surface area contributed by atoms with E-state index < -0.39 is 39.7 Å². The van der Waals surface area contributed by atoms with Gasteiger partial charge in [0.25, 0.3) is 5.69 Å². The molecule has 170 valence electrons. The van der Waals surface area contributed by atoms with Crippen LogP contribution in [0.4, 0.5) is 5.69 Å². The second-order valence-corrected chi connectivity index (χ2v) is 8.16. The molecule has 11 nitrogen and oxygen atoms in total. The minimum atomic E-state index is -1.36. The van der Waals surface area contributed by atoms with Crippen molar-refractivity contribution in [1.82, 2.24) is 4.90 Å². The number of fused-ring (bicyclic) bond motifs is 1. The number of phenolic OH excluding ortho intramolecular Hbond substituents is 1.